The Bertz CT molecular complexity index is 470. The number of hydrogen-bond donors (Lipinski definition) is 2. The number of hydrogen-bond acceptors (Lipinski definition) is 4. The monoisotopic (exact) mass is 282 g/mol. The molecule has 0 aromatic carbocycles. The molecule has 0 aliphatic carbocycles. The lowest BCUT2D eigenvalue weighted by Gasteiger charge is -2.31. The molecule has 0 spiro atoms. The summed E-state index contributed by atoms with van der Waals surface area (Å²) in [5.74, 6) is -0.495. The number of aliphatic carboxylic acids is 1. The van der Waals surface area contributed by atoms with Gasteiger partial charge in [-0.1, -0.05) is 19.0 Å². The molecule has 2 N–H and O–H groups in total. The zero-order chi connectivity index (χ0) is 15.3. The molecule has 1 rings (SSSR count). The lowest BCUT2D eigenvalue weighted by Crippen LogP contribution is -2.49. The summed E-state index contributed by atoms with van der Waals surface area (Å²) in [6, 6.07) is 0. The fraction of sp³-hybridized carbons (Fsp3) is 0.643. The minimum atomic E-state index is -0.911. The first-order valence-electron chi connectivity index (χ1n) is 6.78. The number of rotatable bonds is 7. The van der Waals surface area contributed by atoms with Crippen molar-refractivity contribution in [3.05, 3.63) is 17.0 Å². The topological polar surface area (TPSA) is 92.4 Å². The molecule has 1 aromatic rings. The molecule has 0 saturated heterocycles. The summed E-state index contributed by atoms with van der Waals surface area (Å²) >= 11 is 0. The van der Waals surface area contributed by atoms with Crippen LogP contribution in [0.15, 0.2) is 4.52 Å². The summed E-state index contributed by atoms with van der Waals surface area (Å²) in [7, 11) is 0. The van der Waals surface area contributed by atoms with Gasteiger partial charge in [0.15, 0.2) is 0 Å². The number of carboxylic acids is 1. The minimum absolute atomic E-state index is 0.0761. The average Bonchev–Trinajstić information content (AvgIpc) is 2.69. The van der Waals surface area contributed by atoms with Crippen LogP contribution in [0.1, 0.15) is 50.1 Å². The molecule has 0 aliphatic heterocycles. The molecule has 0 fully saturated rings. The van der Waals surface area contributed by atoms with Gasteiger partial charge in [-0.15, -0.1) is 0 Å². The van der Waals surface area contributed by atoms with E-state index in [2.05, 4.69) is 10.5 Å². The molecule has 1 heterocycles. The summed E-state index contributed by atoms with van der Waals surface area (Å²) in [6.45, 7) is 7.29. The Morgan fingerprint density at radius 2 is 1.90 bits per heavy atom. The Morgan fingerprint density at radius 3 is 2.30 bits per heavy atom. The zero-order valence-electron chi connectivity index (χ0n) is 12.4. The third-order valence-electron chi connectivity index (χ3n) is 3.77. The summed E-state index contributed by atoms with van der Waals surface area (Å²) in [5, 5.41) is 15.7. The first-order chi connectivity index (χ1) is 9.33. The third-order valence-corrected chi connectivity index (χ3v) is 3.77. The van der Waals surface area contributed by atoms with Crippen LogP contribution in [0.25, 0.3) is 0 Å². The maximum absolute atomic E-state index is 12.2. The number of carbonyl (C=O) groups is 2. The van der Waals surface area contributed by atoms with E-state index < -0.39 is 11.5 Å². The van der Waals surface area contributed by atoms with Gasteiger partial charge in [0.2, 0.25) is 5.91 Å². The molecule has 0 radical (unpaired) electrons. The highest BCUT2D eigenvalue weighted by Crippen LogP contribution is 2.21. The Morgan fingerprint density at radius 1 is 1.30 bits per heavy atom. The standard InChI is InChI=1S/C14H22N2O4/c1-5-14(6-2,8-13(18)19)15-12(17)7-11-9(3)16-20-10(11)4/h5-8H2,1-4H3,(H,15,17)(H,18,19). The van der Waals surface area contributed by atoms with E-state index in [9.17, 15) is 9.59 Å². The van der Waals surface area contributed by atoms with Crippen LogP contribution in [0.3, 0.4) is 0 Å². The van der Waals surface area contributed by atoms with E-state index in [4.69, 9.17) is 9.63 Å². The van der Waals surface area contributed by atoms with Crippen LogP contribution >= 0.6 is 0 Å². The predicted molar refractivity (Wildman–Crippen MR) is 73.4 cm³/mol. The number of aryl methyl sites for hydroxylation is 2. The molecule has 0 unspecified atom stereocenters. The van der Waals surface area contributed by atoms with Crippen LogP contribution < -0.4 is 5.32 Å². The maximum Gasteiger partial charge on any atom is 0.305 e. The molecule has 0 saturated carbocycles. The van der Waals surface area contributed by atoms with Gasteiger partial charge in [0, 0.05) is 11.1 Å². The van der Waals surface area contributed by atoms with Gasteiger partial charge >= 0.3 is 5.97 Å². The van der Waals surface area contributed by atoms with Gasteiger partial charge < -0.3 is 14.9 Å². The second kappa shape index (κ2) is 6.54. The molecule has 112 valence electrons. The fourth-order valence-corrected chi connectivity index (χ4v) is 2.27. The van der Waals surface area contributed by atoms with Crippen molar-refractivity contribution >= 4 is 11.9 Å². The van der Waals surface area contributed by atoms with E-state index in [0.717, 1.165) is 5.56 Å². The molecule has 1 aromatic heterocycles. The molecular weight excluding hydrogens is 260 g/mol. The largest absolute Gasteiger partial charge is 0.481 e. The summed E-state index contributed by atoms with van der Waals surface area (Å²) < 4.78 is 5.02. The van der Waals surface area contributed by atoms with Gasteiger partial charge in [-0.05, 0) is 26.7 Å². The molecule has 0 aliphatic rings. The lowest BCUT2D eigenvalue weighted by molar-refractivity contribution is -0.139. The molecule has 0 bridgehead atoms. The fourth-order valence-electron chi connectivity index (χ4n) is 2.27. The van der Waals surface area contributed by atoms with E-state index in [1.54, 1.807) is 13.8 Å². The minimum Gasteiger partial charge on any atom is -0.481 e. The number of nitrogens with zero attached hydrogens (tertiary/aromatic N) is 1. The highest BCUT2D eigenvalue weighted by atomic mass is 16.5. The second-order valence-electron chi connectivity index (χ2n) is 5.09. The second-order valence-corrected chi connectivity index (χ2v) is 5.09. The van der Waals surface area contributed by atoms with Crippen LogP contribution in [0.4, 0.5) is 0 Å². The smallest absolute Gasteiger partial charge is 0.305 e. The van der Waals surface area contributed by atoms with Crippen LogP contribution in [0.5, 0.6) is 0 Å². The third kappa shape index (κ3) is 3.82. The molecule has 6 nitrogen and oxygen atoms in total. The van der Waals surface area contributed by atoms with Gasteiger partial charge in [-0.3, -0.25) is 9.59 Å². The number of amides is 1. The van der Waals surface area contributed by atoms with Crippen molar-refractivity contribution in [1.29, 1.82) is 0 Å². The number of nitrogens with one attached hydrogen (secondary N) is 1. The van der Waals surface area contributed by atoms with E-state index >= 15 is 0 Å². The van der Waals surface area contributed by atoms with Crippen molar-refractivity contribution in [3.8, 4) is 0 Å². The van der Waals surface area contributed by atoms with Gasteiger partial charge in [0.1, 0.15) is 5.76 Å². The van der Waals surface area contributed by atoms with Gasteiger partial charge in [-0.25, -0.2) is 0 Å². The maximum atomic E-state index is 12.2. The van der Waals surface area contributed by atoms with E-state index in [1.807, 2.05) is 13.8 Å². The SMILES string of the molecule is CCC(CC)(CC(=O)O)NC(=O)Cc1c(C)noc1C. The Labute approximate surface area is 118 Å². The van der Waals surface area contributed by atoms with Crippen molar-refractivity contribution in [2.45, 2.75) is 58.9 Å². The van der Waals surface area contributed by atoms with Gasteiger partial charge in [-0.2, -0.15) is 0 Å². The Balaban J connectivity index is 2.79. The van der Waals surface area contributed by atoms with Crippen molar-refractivity contribution in [3.63, 3.8) is 0 Å². The lowest BCUT2D eigenvalue weighted by atomic mass is 9.88. The molecule has 20 heavy (non-hydrogen) atoms. The van der Waals surface area contributed by atoms with E-state index in [1.165, 1.54) is 0 Å². The van der Waals surface area contributed by atoms with Gasteiger partial charge in [0.25, 0.3) is 0 Å². The summed E-state index contributed by atoms with van der Waals surface area (Å²) in [4.78, 5) is 23.1. The highest BCUT2D eigenvalue weighted by molar-refractivity contribution is 5.80. The molecule has 0 atom stereocenters. The molecule has 1 amide bonds. The number of carbonyl (C=O) groups excluding carboxylic acids is 1. The van der Waals surface area contributed by atoms with Crippen molar-refractivity contribution in [1.82, 2.24) is 10.5 Å². The first kappa shape index (κ1) is 16.2. The van der Waals surface area contributed by atoms with Crippen LogP contribution in [0, 0.1) is 13.8 Å². The van der Waals surface area contributed by atoms with Crippen LogP contribution in [-0.2, 0) is 16.0 Å². The van der Waals surface area contributed by atoms with E-state index in [0.29, 0.717) is 24.3 Å². The summed E-state index contributed by atoms with van der Waals surface area (Å²) in [5.41, 5.74) is 0.760. The van der Waals surface area contributed by atoms with E-state index in [-0.39, 0.29) is 18.7 Å². The quantitative estimate of drug-likeness (QED) is 0.797. The summed E-state index contributed by atoms with van der Waals surface area (Å²) in [6.07, 6.45) is 1.22. The average molecular weight is 282 g/mol. The Hall–Kier alpha value is -1.85. The van der Waals surface area contributed by atoms with Crippen LogP contribution in [-0.4, -0.2) is 27.7 Å². The Kier molecular flexibility index (Phi) is 5.30. The van der Waals surface area contributed by atoms with Crippen molar-refractivity contribution < 1.29 is 19.2 Å². The highest BCUT2D eigenvalue weighted by Gasteiger charge is 2.31. The predicted octanol–water partition coefficient (Wildman–Crippen LogP) is 1.98. The number of aromatic nitrogens is 1. The molecular formula is C14H22N2O4. The normalized spacial score (nSPS) is 11.4. The molecule has 6 heteroatoms. The van der Waals surface area contributed by atoms with Crippen molar-refractivity contribution in [2.75, 3.05) is 0 Å². The van der Waals surface area contributed by atoms with Crippen LogP contribution in [0.2, 0.25) is 0 Å². The first-order valence-corrected chi connectivity index (χ1v) is 6.78. The van der Waals surface area contributed by atoms with Gasteiger partial charge in [0.05, 0.1) is 18.5 Å². The van der Waals surface area contributed by atoms with Crippen molar-refractivity contribution in [2.24, 2.45) is 0 Å². The zero-order valence-corrected chi connectivity index (χ0v) is 12.4. The number of carboxylic acid groups (broad SMARTS) is 1.